The van der Waals surface area contributed by atoms with Crippen molar-refractivity contribution in [1.29, 1.82) is 0 Å². The minimum atomic E-state index is -3.61. The zero-order chi connectivity index (χ0) is 21.0. The number of nitrogens with one attached hydrogen (secondary N) is 1. The number of sulfonamides is 1. The molecule has 0 unspecified atom stereocenters. The Labute approximate surface area is 176 Å². The SMILES string of the molecule is Cc1cccc(OCC(=O)N2CCC(NS(=O)(=O)c3ccc(Cl)cc3)CC2)c1C. The van der Waals surface area contributed by atoms with Crippen LogP contribution in [0, 0.1) is 13.8 Å². The maximum atomic E-state index is 12.5. The Kier molecular flexibility index (Phi) is 6.82. The standard InChI is InChI=1S/C21H25ClN2O4S/c1-15-4-3-5-20(16(15)2)28-14-21(25)24-12-10-18(11-13-24)23-29(26,27)19-8-6-17(22)7-9-19/h3-9,18,23H,10-14H2,1-2H3. The molecule has 0 aliphatic carbocycles. The molecule has 0 atom stereocenters. The van der Waals surface area contributed by atoms with Crippen LogP contribution in [-0.2, 0) is 14.8 Å². The fourth-order valence-electron chi connectivity index (χ4n) is 3.26. The molecule has 0 spiro atoms. The zero-order valence-electron chi connectivity index (χ0n) is 16.5. The van der Waals surface area contributed by atoms with Gasteiger partial charge in [-0.2, -0.15) is 0 Å². The first-order chi connectivity index (χ1) is 13.8. The summed E-state index contributed by atoms with van der Waals surface area (Å²) < 4.78 is 33.4. The minimum absolute atomic E-state index is 0.0224. The second-order valence-electron chi connectivity index (χ2n) is 7.22. The molecule has 1 fully saturated rings. The summed E-state index contributed by atoms with van der Waals surface area (Å²) in [5, 5.41) is 0.485. The van der Waals surface area contributed by atoms with Gasteiger partial charge in [0.25, 0.3) is 5.91 Å². The first kappa shape index (κ1) is 21.6. The Hall–Kier alpha value is -2.09. The minimum Gasteiger partial charge on any atom is -0.483 e. The van der Waals surface area contributed by atoms with Crippen molar-refractivity contribution in [3.63, 3.8) is 0 Å². The van der Waals surface area contributed by atoms with Crippen LogP contribution >= 0.6 is 11.6 Å². The number of aryl methyl sites for hydroxylation is 1. The summed E-state index contributed by atoms with van der Waals surface area (Å²) in [7, 11) is -3.61. The van der Waals surface area contributed by atoms with Crippen LogP contribution in [0.25, 0.3) is 0 Å². The smallest absolute Gasteiger partial charge is 0.260 e. The molecule has 0 saturated carbocycles. The highest BCUT2D eigenvalue weighted by atomic mass is 35.5. The highest BCUT2D eigenvalue weighted by molar-refractivity contribution is 7.89. The van der Waals surface area contributed by atoms with Crippen molar-refractivity contribution < 1.29 is 17.9 Å². The second kappa shape index (κ2) is 9.15. The van der Waals surface area contributed by atoms with E-state index in [0.717, 1.165) is 11.1 Å². The van der Waals surface area contributed by atoms with Gasteiger partial charge in [0.2, 0.25) is 10.0 Å². The molecular formula is C21H25ClN2O4S. The highest BCUT2D eigenvalue weighted by Crippen LogP contribution is 2.21. The summed E-state index contributed by atoms with van der Waals surface area (Å²) in [6.07, 6.45) is 1.12. The average molecular weight is 437 g/mol. The number of amides is 1. The topological polar surface area (TPSA) is 75.7 Å². The molecule has 8 heteroatoms. The van der Waals surface area contributed by atoms with Gasteiger partial charge >= 0.3 is 0 Å². The predicted molar refractivity (Wildman–Crippen MR) is 113 cm³/mol. The molecule has 1 aliphatic heterocycles. The van der Waals surface area contributed by atoms with E-state index in [2.05, 4.69) is 4.72 Å². The number of hydrogen-bond acceptors (Lipinski definition) is 4. The number of likely N-dealkylation sites (tertiary alicyclic amines) is 1. The van der Waals surface area contributed by atoms with Crippen LogP contribution in [0.15, 0.2) is 47.4 Å². The number of rotatable bonds is 6. The molecule has 6 nitrogen and oxygen atoms in total. The fraction of sp³-hybridized carbons (Fsp3) is 0.381. The second-order valence-corrected chi connectivity index (χ2v) is 9.37. The van der Waals surface area contributed by atoms with Crippen LogP contribution in [0.3, 0.4) is 0 Å². The summed E-state index contributed by atoms with van der Waals surface area (Å²) in [4.78, 5) is 14.4. The van der Waals surface area contributed by atoms with E-state index in [1.54, 1.807) is 17.0 Å². The van der Waals surface area contributed by atoms with E-state index < -0.39 is 10.0 Å². The van der Waals surface area contributed by atoms with Crippen molar-refractivity contribution in [3.8, 4) is 5.75 Å². The van der Waals surface area contributed by atoms with E-state index in [1.807, 2.05) is 32.0 Å². The predicted octanol–water partition coefficient (Wildman–Crippen LogP) is 3.31. The van der Waals surface area contributed by atoms with E-state index in [-0.39, 0.29) is 23.5 Å². The lowest BCUT2D eigenvalue weighted by Crippen LogP contribution is -2.47. The van der Waals surface area contributed by atoms with Gasteiger partial charge in [-0.05, 0) is 68.1 Å². The van der Waals surface area contributed by atoms with Crippen LogP contribution in [0.5, 0.6) is 5.75 Å². The maximum Gasteiger partial charge on any atom is 0.260 e. The summed E-state index contributed by atoms with van der Waals surface area (Å²) >= 11 is 5.82. The zero-order valence-corrected chi connectivity index (χ0v) is 18.1. The van der Waals surface area contributed by atoms with E-state index >= 15 is 0 Å². The molecule has 156 valence electrons. The highest BCUT2D eigenvalue weighted by Gasteiger charge is 2.27. The summed E-state index contributed by atoms with van der Waals surface area (Å²) in [6.45, 7) is 4.92. The van der Waals surface area contributed by atoms with Gasteiger partial charge in [0.15, 0.2) is 6.61 Å². The number of halogens is 1. The third-order valence-corrected chi connectivity index (χ3v) is 6.99. The van der Waals surface area contributed by atoms with Gasteiger partial charge in [0.05, 0.1) is 4.90 Å². The maximum absolute atomic E-state index is 12.5. The van der Waals surface area contributed by atoms with Gasteiger partial charge in [0.1, 0.15) is 5.75 Å². The summed E-state index contributed by atoms with van der Waals surface area (Å²) in [5.41, 5.74) is 2.14. The van der Waals surface area contributed by atoms with Crippen LogP contribution in [0.1, 0.15) is 24.0 Å². The molecule has 29 heavy (non-hydrogen) atoms. The van der Waals surface area contributed by atoms with Gasteiger partial charge in [-0.1, -0.05) is 23.7 Å². The Morgan fingerprint density at radius 3 is 2.45 bits per heavy atom. The number of hydrogen-bond donors (Lipinski definition) is 1. The van der Waals surface area contributed by atoms with Crippen LogP contribution in [0.4, 0.5) is 0 Å². The van der Waals surface area contributed by atoms with Crippen LogP contribution in [-0.4, -0.2) is 45.0 Å². The number of carbonyl (C=O) groups is 1. The van der Waals surface area contributed by atoms with Crippen LogP contribution < -0.4 is 9.46 Å². The Morgan fingerprint density at radius 2 is 1.79 bits per heavy atom. The molecule has 1 aliphatic rings. The number of ether oxygens (including phenoxy) is 1. The molecule has 1 saturated heterocycles. The monoisotopic (exact) mass is 436 g/mol. The normalized spacial score (nSPS) is 15.3. The van der Waals surface area contributed by atoms with E-state index in [1.165, 1.54) is 12.1 Å². The van der Waals surface area contributed by atoms with Crippen molar-refractivity contribution in [3.05, 3.63) is 58.6 Å². The van der Waals surface area contributed by atoms with Gasteiger partial charge in [-0.25, -0.2) is 13.1 Å². The van der Waals surface area contributed by atoms with Gasteiger partial charge in [-0.15, -0.1) is 0 Å². The Morgan fingerprint density at radius 1 is 1.14 bits per heavy atom. The third-order valence-electron chi connectivity index (χ3n) is 5.20. The van der Waals surface area contributed by atoms with Gasteiger partial charge in [0, 0.05) is 24.2 Å². The number of carbonyl (C=O) groups excluding carboxylic acids is 1. The Bertz CT molecular complexity index is 969. The first-order valence-corrected chi connectivity index (χ1v) is 11.4. The molecule has 1 N–H and O–H groups in total. The van der Waals surface area contributed by atoms with Crippen molar-refractivity contribution in [1.82, 2.24) is 9.62 Å². The van der Waals surface area contributed by atoms with Crippen molar-refractivity contribution >= 4 is 27.5 Å². The summed E-state index contributed by atoms with van der Waals surface area (Å²) in [6, 6.07) is 11.6. The van der Waals surface area contributed by atoms with Gasteiger partial charge in [-0.3, -0.25) is 4.79 Å². The first-order valence-electron chi connectivity index (χ1n) is 9.51. The van der Waals surface area contributed by atoms with Gasteiger partial charge < -0.3 is 9.64 Å². The van der Waals surface area contributed by atoms with E-state index in [0.29, 0.717) is 36.7 Å². The van der Waals surface area contributed by atoms with Crippen molar-refractivity contribution in [2.24, 2.45) is 0 Å². The molecular weight excluding hydrogens is 412 g/mol. The number of nitrogens with zero attached hydrogens (tertiary/aromatic N) is 1. The van der Waals surface area contributed by atoms with E-state index in [4.69, 9.17) is 16.3 Å². The molecule has 2 aromatic carbocycles. The fourth-order valence-corrected chi connectivity index (χ4v) is 4.69. The van der Waals surface area contributed by atoms with Crippen molar-refractivity contribution in [2.45, 2.75) is 37.6 Å². The van der Waals surface area contributed by atoms with Crippen molar-refractivity contribution in [2.75, 3.05) is 19.7 Å². The lowest BCUT2D eigenvalue weighted by atomic mass is 10.1. The van der Waals surface area contributed by atoms with E-state index in [9.17, 15) is 13.2 Å². The lowest BCUT2D eigenvalue weighted by Gasteiger charge is -2.32. The third kappa shape index (κ3) is 5.50. The molecule has 0 radical (unpaired) electrons. The molecule has 3 rings (SSSR count). The number of benzene rings is 2. The Balaban J connectivity index is 1.50. The number of piperidine rings is 1. The molecule has 2 aromatic rings. The average Bonchev–Trinajstić information content (AvgIpc) is 2.69. The largest absolute Gasteiger partial charge is 0.483 e. The molecule has 0 bridgehead atoms. The lowest BCUT2D eigenvalue weighted by molar-refractivity contribution is -0.134. The molecule has 1 amide bonds. The molecule has 0 aromatic heterocycles. The summed E-state index contributed by atoms with van der Waals surface area (Å²) in [5.74, 6) is 0.619. The quantitative estimate of drug-likeness (QED) is 0.753. The molecule has 1 heterocycles. The van der Waals surface area contributed by atoms with Crippen LogP contribution in [0.2, 0.25) is 5.02 Å².